The summed E-state index contributed by atoms with van der Waals surface area (Å²) in [5.74, 6) is 0. The molecular weight excluding hydrogens is 607 g/mol. The Bertz CT molecular complexity index is 2870. The second-order valence-electron chi connectivity index (χ2n) is 12.9. The van der Waals surface area contributed by atoms with Crippen LogP contribution in [0.2, 0.25) is 0 Å². The molecule has 0 saturated heterocycles. The number of benzene rings is 9. The lowest BCUT2D eigenvalue weighted by Crippen LogP contribution is -2.11. The third-order valence-electron chi connectivity index (χ3n) is 10.1. The van der Waals surface area contributed by atoms with Crippen molar-refractivity contribution in [1.29, 1.82) is 0 Å². The molecule has 0 fully saturated rings. The van der Waals surface area contributed by atoms with Crippen molar-refractivity contribution in [2.45, 2.75) is 0 Å². The van der Waals surface area contributed by atoms with E-state index in [0.29, 0.717) is 0 Å². The fourth-order valence-electron chi connectivity index (χ4n) is 7.61. The van der Waals surface area contributed by atoms with Crippen LogP contribution in [0.5, 0.6) is 0 Å². The Morgan fingerprint density at radius 2 is 0.920 bits per heavy atom. The molecule has 0 aliphatic rings. The summed E-state index contributed by atoms with van der Waals surface area (Å²) in [7, 11) is 0. The third-order valence-corrected chi connectivity index (χ3v) is 10.1. The lowest BCUT2D eigenvalue weighted by molar-refractivity contribution is 0.669. The molecule has 0 aliphatic carbocycles. The highest BCUT2D eigenvalue weighted by atomic mass is 16.3. The number of para-hydroxylation sites is 2. The Balaban J connectivity index is 1.11. The van der Waals surface area contributed by atoms with E-state index in [4.69, 9.17) is 4.42 Å². The molecule has 0 atom stereocenters. The van der Waals surface area contributed by atoms with Crippen LogP contribution in [0.3, 0.4) is 0 Å². The summed E-state index contributed by atoms with van der Waals surface area (Å²) < 4.78 is 6.37. The zero-order valence-corrected chi connectivity index (χ0v) is 27.3. The van der Waals surface area contributed by atoms with Crippen molar-refractivity contribution in [3.05, 3.63) is 188 Å². The number of rotatable bonds is 5. The standard InChI is InChI=1S/C48H31NO/c1-2-10-33(11-3-1)40-14-6-8-16-46(40)49(38-26-29-44-43-15-7-9-17-47(43)50-48(44)31-38)37-24-20-32(21-25-37)36-19-18-35-23-27-41-39-13-5-4-12-34(39)22-28-42(41)45(35)30-36/h1-31H. The van der Waals surface area contributed by atoms with Gasteiger partial charge >= 0.3 is 0 Å². The van der Waals surface area contributed by atoms with Gasteiger partial charge in [0.05, 0.1) is 5.69 Å². The molecule has 1 aromatic heterocycles. The number of hydrogen-bond donors (Lipinski definition) is 0. The van der Waals surface area contributed by atoms with Crippen LogP contribution in [0, 0.1) is 0 Å². The normalized spacial score (nSPS) is 11.6. The molecule has 0 spiro atoms. The predicted molar refractivity (Wildman–Crippen MR) is 212 cm³/mol. The molecule has 0 saturated carbocycles. The van der Waals surface area contributed by atoms with Crippen molar-refractivity contribution < 1.29 is 4.42 Å². The molecule has 2 nitrogen and oxygen atoms in total. The Hall–Kier alpha value is -6.64. The molecule has 0 N–H and O–H groups in total. The van der Waals surface area contributed by atoms with Crippen molar-refractivity contribution in [2.75, 3.05) is 4.90 Å². The van der Waals surface area contributed by atoms with Crippen LogP contribution in [0.4, 0.5) is 17.1 Å². The summed E-state index contributed by atoms with van der Waals surface area (Å²) in [6.07, 6.45) is 0. The van der Waals surface area contributed by atoms with Gasteiger partial charge in [-0.1, -0.05) is 140 Å². The quantitative estimate of drug-likeness (QED) is 0.175. The lowest BCUT2D eigenvalue weighted by Gasteiger charge is -2.28. The highest BCUT2D eigenvalue weighted by molar-refractivity contribution is 6.17. The van der Waals surface area contributed by atoms with Crippen molar-refractivity contribution in [2.24, 2.45) is 0 Å². The van der Waals surface area contributed by atoms with Gasteiger partial charge in [-0.15, -0.1) is 0 Å². The van der Waals surface area contributed by atoms with E-state index in [1.165, 1.54) is 49.0 Å². The van der Waals surface area contributed by atoms with Crippen LogP contribution in [0.25, 0.3) is 76.5 Å². The maximum Gasteiger partial charge on any atom is 0.137 e. The maximum absolute atomic E-state index is 6.37. The van der Waals surface area contributed by atoms with Crippen LogP contribution >= 0.6 is 0 Å². The third kappa shape index (κ3) is 4.65. The molecular formula is C48H31NO. The highest BCUT2D eigenvalue weighted by Gasteiger charge is 2.19. The first-order valence-corrected chi connectivity index (χ1v) is 17.1. The first-order chi connectivity index (χ1) is 24.8. The van der Waals surface area contributed by atoms with Crippen molar-refractivity contribution >= 4 is 71.3 Å². The minimum absolute atomic E-state index is 0.874. The molecule has 0 aliphatic heterocycles. The monoisotopic (exact) mass is 637 g/mol. The van der Waals surface area contributed by atoms with Crippen LogP contribution in [0.15, 0.2) is 192 Å². The van der Waals surface area contributed by atoms with Gasteiger partial charge in [0.1, 0.15) is 11.2 Å². The van der Waals surface area contributed by atoms with Gasteiger partial charge in [-0.2, -0.15) is 0 Å². The summed E-state index contributed by atoms with van der Waals surface area (Å²) in [6, 6.07) is 67.5. The van der Waals surface area contributed by atoms with Crippen LogP contribution in [0.1, 0.15) is 0 Å². The Kier molecular flexibility index (Phi) is 6.53. The molecule has 1 heterocycles. The van der Waals surface area contributed by atoms with E-state index in [2.05, 4.69) is 181 Å². The molecule has 2 heteroatoms. The average molecular weight is 638 g/mol. The van der Waals surface area contributed by atoms with Gasteiger partial charge in [0.15, 0.2) is 0 Å². The van der Waals surface area contributed by atoms with Crippen molar-refractivity contribution in [1.82, 2.24) is 0 Å². The molecule has 9 aromatic carbocycles. The van der Waals surface area contributed by atoms with Crippen molar-refractivity contribution in [3.8, 4) is 22.3 Å². The van der Waals surface area contributed by atoms with Gasteiger partial charge in [0.2, 0.25) is 0 Å². The topological polar surface area (TPSA) is 16.4 Å². The molecule has 10 rings (SSSR count). The number of fused-ring (bicyclic) bond motifs is 8. The summed E-state index contributed by atoms with van der Waals surface area (Å²) in [5, 5.41) is 9.90. The first-order valence-electron chi connectivity index (χ1n) is 17.1. The van der Waals surface area contributed by atoms with Gasteiger partial charge in [-0.3, -0.25) is 0 Å². The average Bonchev–Trinajstić information content (AvgIpc) is 3.56. The Morgan fingerprint density at radius 1 is 0.320 bits per heavy atom. The van der Waals surface area contributed by atoms with E-state index in [1.54, 1.807) is 0 Å². The van der Waals surface area contributed by atoms with Gasteiger partial charge in [-0.25, -0.2) is 0 Å². The first kappa shape index (κ1) is 28.4. The lowest BCUT2D eigenvalue weighted by atomic mass is 9.94. The van der Waals surface area contributed by atoms with Crippen LogP contribution < -0.4 is 4.90 Å². The zero-order valence-electron chi connectivity index (χ0n) is 27.3. The summed E-state index contributed by atoms with van der Waals surface area (Å²) >= 11 is 0. The van der Waals surface area contributed by atoms with Crippen LogP contribution in [-0.4, -0.2) is 0 Å². The van der Waals surface area contributed by atoms with E-state index >= 15 is 0 Å². The van der Waals surface area contributed by atoms with E-state index in [1.807, 2.05) is 12.1 Å². The second-order valence-corrected chi connectivity index (χ2v) is 12.9. The number of anilines is 3. The molecule has 0 amide bonds. The minimum atomic E-state index is 0.874. The maximum atomic E-state index is 6.37. The molecule has 0 bridgehead atoms. The fourth-order valence-corrected chi connectivity index (χ4v) is 7.61. The van der Waals surface area contributed by atoms with E-state index < -0.39 is 0 Å². The van der Waals surface area contributed by atoms with Crippen molar-refractivity contribution in [3.63, 3.8) is 0 Å². The summed E-state index contributed by atoms with van der Waals surface area (Å²) in [5.41, 5.74) is 9.70. The van der Waals surface area contributed by atoms with Gasteiger partial charge in [0.25, 0.3) is 0 Å². The fraction of sp³-hybridized carbons (Fsp3) is 0. The van der Waals surface area contributed by atoms with Gasteiger partial charge in [-0.05, 0) is 91.5 Å². The highest BCUT2D eigenvalue weighted by Crippen LogP contribution is 2.43. The second kappa shape index (κ2) is 11.5. The molecule has 10 aromatic rings. The molecule has 0 radical (unpaired) electrons. The zero-order chi connectivity index (χ0) is 33.0. The largest absolute Gasteiger partial charge is 0.456 e. The molecule has 234 valence electrons. The predicted octanol–water partition coefficient (Wildman–Crippen LogP) is 13.8. The SMILES string of the molecule is c1ccc(-c2ccccc2N(c2ccc(-c3ccc4ccc5c6ccccc6ccc5c4c3)cc2)c2ccc3c(c2)oc2ccccc23)cc1. The molecule has 0 unspecified atom stereocenters. The minimum Gasteiger partial charge on any atom is -0.456 e. The van der Waals surface area contributed by atoms with Gasteiger partial charge < -0.3 is 9.32 Å². The number of nitrogens with zero attached hydrogens (tertiary/aromatic N) is 1. The van der Waals surface area contributed by atoms with E-state index in [0.717, 1.165) is 44.6 Å². The summed E-state index contributed by atoms with van der Waals surface area (Å²) in [4.78, 5) is 2.34. The van der Waals surface area contributed by atoms with E-state index in [9.17, 15) is 0 Å². The molecule has 50 heavy (non-hydrogen) atoms. The van der Waals surface area contributed by atoms with Gasteiger partial charge in [0, 0.05) is 33.8 Å². The Labute approximate surface area is 290 Å². The summed E-state index contributed by atoms with van der Waals surface area (Å²) in [6.45, 7) is 0. The smallest absolute Gasteiger partial charge is 0.137 e. The van der Waals surface area contributed by atoms with Crippen LogP contribution in [-0.2, 0) is 0 Å². The number of hydrogen-bond acceptors (Lipinski definition) is 2. The Morgan fingerprint density at radius 3 is 1.78 bits per heavy atom. The number of furan rings is 1. The van der Waals surface area contributed by atoms with E-state index in [-0.39, 0.29) is 0 Å².